The molecular weight excluding hydrogens is 200 g/mol. The maximum atomic E-state index is 9.77. The minimum absolute atomic E-state index is 0.517. The summed E-state index contributed by atoms with van der Waals surface area (Å²) in [6.45, 7) is 7.26. The number of likely N-dealkylation sites (tertiary alicyclic amines) is 1. The van der Waals surface area contributed by atoms with Crippen LogP contribution in [0.4, 0.5) is 0 Å². The van der Waals surface area contributed by atoms with Crippen LogP contribution in [-0.4, -0.2) is 59.3 Å². The van der Waals surface area contributed by atoms with Crippen LogP contribution in [0, 0.1) is 0 Å². The third kappa shape index (κ3) is 2.96. The molecule has 16 heavy (non-hydrogen) atoms. The molecule has 0 spiro atoms. The SMILES string of the molecule is CN1C2CCC1CN(CCC(C)(C)O)CC2. The molecular formula is C13H26N2O. The van der Waals surface area contributed by atoms with Gasteiger partial charge in [-0.1, -0.05) is 0 Å². The molecule has 2 unspecified atom stereocenters. The largest absolute Gasteiger partial charge is 0.390 e. The van der Waals surface area contributed by atoms with Crippen LogP contribution in [0.3, 0.4) is 0 Å². The van der Waals surface area contributed by atoms with E-state index in [0.717, 1.165) is 25.0 Å². The predicted octanol–water partition coefficient (Wildman–Crippen LogP) is 1.32. The van der Waals surface area contributed by atoms with E-state index in [1.54, 1.807) is 0 Å². The van der Waals surface area contributed by atoms with Crippen molar-refractivity contribution < 1.29 is 5.11 Å². The summed E-state index contributed by atoms with van der Waals surface area (Å²) in [6, 6.07) is 1.58. The Balaban J connectivity index is 1.84. The van der Waals surface area contributed by atoms with E-state index < -0.39 is 5.60 Å². The number of hydrogen-bond acceptors (Lipinski definition) is 3. The Morgan fingerprint density at radius 3 is 2.56 bits per heavy atom. The van der Waals surface area contributed by atoms with Crippen molar-refractivity contribution in [1.29, 1.82) is 0 Å². The van der Waals surface area contributed by atoms with Gasteiger partial charge in [0.05, 0.1) is 5.60 Å². The van der Waals surface area contributed by atoms with Gasteiger partial charge in [-0.05, 0) is 53.1 Å². The van der Waals surface area contributed by atoms with Gasteiger partial charge in [0, 0.05) is 25.2 Å². The summed E-state index contributed by atoms with van der Waals surface area (Å²) in [5.74, 6) is 0. The van der Waals surface area contributed by atoms with Gasteiger partial charge in [-0.25, -0.2) is 0 Å². The standard InChI is InChI=1S/C13H26N2O/c1-13(2,16)7-9-15-8-6-11-4-5-12(10-15)14(11)3/h11-12,16H,4-10H2,1-3H3. The van der Waals surface area contributed by atoms with Crippen molar-refractivity contribution in [2.24, 2.45) is 0 Å². The van der Waals surface area contributed by atoms with Crippen molar-refractivity contribution in [3.05, 3.63) is 0 Å². The van der Waals surface area contributed by atoms with Gasteiger partial charge < -0.3 is 10.0 Å². The Bertz CT molecular complexity index is 237. The van der Waals surface area contributed by atoms with Crippen LogP contribution >= 0.6 is 0 Å². The number of aliphatic hydroxyl groups is 1. The molecule has 1 N–H and O–H groups in total. The topological polar surface area (TPSA) is 26.7 Å². The van der Waals surface area contributed by atoms with Gasteiger partial charge in [-0.2, -0.15) is 0 Å². The highest BCUT2D eigenvalue weighted by Gasteiger charge is 2.34. The lowest BCUT2D eigenvalue weighted by atomic mass is 10.0. The number of hydrogen-bond donors (Lipinski definition) is 1. The Hall–Kier alpha value is -0.120. The Kier molecular flexibility index (Phi) is 3.57. The van der Waals surface area contributed by atoms with Gasteiger partial charge in [0.25, 0.3) is 0 Å². The smallest absolute Gasteiger partial charge is 0.0603 e. The second-order valence-corrected chi connectivity index (χ2v) is 6.20. The first-order valence-electron chi connectivity index (χ1n) is 6.62. The minimum Gasteiger partial charge on any atom is -0.390 e. The van der Waals surface area contributed by atoms with Crippen molar-refractivity contribution >= 4 is 0 Å². The average Bonchev–Trinajstić information content (AvgIpc) is 2.38. The van der Waals surface area contributed by atoms with E-state index >= 15 is 0 Å². The fourth-order valence-electron chi connectivity index (χ4n) is 3.01. The summed E-state index contributed by atoms with van der Waals surface area (Å²) in [5.41, 5.74) is -0.517. The normalized spacial score (nSPS) is 33.0. The van der Waals surface area contributed by atoms with Crippen molar-refractivity contribution in [3.8, 4) is 0 Å². The Morgan fingerprint density at radius 2 is 1.88 bits per heavy atom. The zero-order valence-corrected chi connectivity index (χ0v) is 10.9. The molecule has 0 radical (unpaired) electrons. The van der Waals surface area contributed by atoms with E-state index in [1.807, 2.05) is 13.8 Å². The molecule has 2 saturated heterocycles. The molecule has 0 saturated carbocycles. The quantitative estimate of drug-likeness (QED) is 0.786. The number of fused-ring (bicyclic) bond motifs is 2. The van der Waals surface area contributed by atoms with Crippen LogP contribution in [0.2, 0.25) is 0 Å². The monoisotopic (exact) mass is 226 g/mol. The maximum Gasteiger partial charge on any atom is 0.0603 e. The Labute approximate surface area is 99.4 Å². The summed E-state index contributed by atoms with van der Waals surface area (Å²) < 4.78 is 0. The van der Waals surface area contributed by atoms with E-state index in [4.69, 9.17) is 0 Å². The first kappa shape index (κ1) is 12.3. The molecule has 0 aliphatic carbocycles. The maximum absolute atomic E-state index is 9.77. The molecule has 3 nitrogen and oxygen atoms in total. The molecule has 2 heterocycles. The van der Waals surface area contributed by atoms with Crippen molar-refractivity contribution in [2.45, 2.75) is 57.2 Å². The predicted molar refractivity (Wildman–Crippen MR) is 66.5 cm³/mol. The molecule has 0 aromatic rings. The Morgan fingerprint density at radius 1 is 1.19 bits per heavy atom. The lowest BCUT2D eigenvalue weighted by molar-refractivity contribution is 0.0564. The van der Waals surface area contributed by atoms with E-state index in [-0.39, 0.29) is 0 Å². The molecule has 3 heteroatoms. The first-order chi connectivity index (χ1) is 7.46. The van der Waals surface area contributed by atoms with Gasteiger partial charge in [-0.15, -0.1) is 0 Å². The molecule has 2 rings (SSSR count). The summed E-state index contributed by atoms with van der Waals surface area (Å²) >= 11 is 0. The molecule has 2 aliphatic rings. The van der Waals surface area contributed by atoms with E-state index in [2.05, 4.69) is 16.8 Å². The lowest BCUT2D eigenvalue weighted by Crippen LogP contribution is -2.38. The molecule has 2 bridgehead atoms. The van der Waals surface area contributed by atoms with Crippen LogP contribution in [-0.2, 0) is 0 Å². The summed E-state index contributed by atoms with van der Waals surface area (Å²) in [4.78, 5) is 5.11. The van der Waals surface area contributed by atoms with Crippen LogP contribution in [0.1, 0.15) is 39.5 Å². The number of nitrogens with zero attached hydrogens (tertiary/aromatic N) is 2. The number of rotatable bonds is 3. The van der Waals surface area contributed by atoms with Crippen molar-refractivity contribution in [3.63, 3.8) is 0 Å². The van der Waals surface area contributed by atoms with Crippen molar-refractivity contribution in [2.75, 3.05) is 26.7 Å². The van der Waals surface area contributed by atoms with E-state index in [1.165, 1.54) is 32.4 Å². The summed E-state index contributed by atoms with van der Waals surface area (Å²) in [7, 11) is 2.28. The van der Waals surface area contributed by atoms with Gasteiger partial charge in [0.2, 0.25) is 0 Å². The molecule has 0 aromatic carbocycles. The third-order valence-electron chi connectivity index (χ3n) is 4.27. The summed E-state index contributed by atoms with van der Waals surface area (Å²) in [5, 5.41) is 9.77. The van der Waals surface area contributed by atoms with E-state index in [9.17, 15) is 5.11 Å². The molecule has 94 valence electrons. The highest BCUT2D eigenvalue weighted by atomic mass is 16.3. The van der Waals surface area contributed by atoms with Gasteiger partial charge in [0.15, 0.2) is 0 Å². The third-order valence-corrected chi connectivity index (χ3v) is 4.27. The highest BCUT2D eigenvalue weighted by Crippen LogP contribution is 2.28. The fourth-order valence-corrected chi connectivity index (χ4v) is 3.01. The molecule has 2 aliphatic heterocycles. The lowest BCUT2D eigenvalue weighted by Gasteiger charge is -2.28. The van der Waals surface area contributed by atoms with Crippen molar-refractivity contribution in [1.82, 2.24) is 9.80 Å². The molecule has 2 fully saturated rings. The van der Waals surface area contributed by atoms with Crippen LogP contribution in [0.25, 0.3) is 0 Å². The van der Waals surface area contributed by atoms with Gasteiger partial charge in [-0.3, -0.25) is 4.90 Å². The zero-order chi connectivity index (χ0) is 11.8. The average molecular weight is 226 g/mol. The van der Waals surface area contributed by atoms with Gasteiger partial charge >= 0.3 is 0 Å². The van der Waals surface area contributed by atoms with Crippen LogP contribution in [0.15, 0.2) is 0 Å². The fraction of sp³-hybridized carbons (Fsp3) is 1.00. The minimum atomic E-state index is -0.517. The second kappa shape index (κ2) is 4.63. The number of likely N-dealkylation sites (N-methyl/N-ethyl adjacent to an activating group) is 1. The molecule has 0 aromatic heterocycles. The second-order valence-electron chi connectivity index (χ2n) is 6.20. The first-order valence-corrected chi connectivity index (χ1v) is 6.62. The zero-order valence-electron chi connectivity index (χ0n) is 10.9. The summed E-state index contributed by atoms with van der Waals surface area (Å²) in [6.07, 6.45) is 4.94. The van der Waals surface area contributed by atoms with Crippen LogP contribution < -0.4 is 0 Å². The highest BCUT2D eigenvalue weighted by molar-refractivity contribution is 4.91. The molecule has 0 amide bonds. The van der Waals surface area contributed by atoms with Crippen LogP contribution in [0.5, 0.6) is 0 Å². The van der Waals surface area contributed by atoms with E-state index in [0.29, 0.717) is 0 Å². The van der Waals surface area contributed by atoms with Gasteiger partial charge in [0.1, 0.15) is 0 Å². The molecule has 2 atom stereocenters.